The van der Waals surface area contributed by atoms with E-state index in [9.17, 15) is 9.59 Å². The van der Waals surface area contributed by atoms with E-state index in [1.807, 2.05) is 46.7 Å². The smallest absolute Gasteiger partial charge is 0.242 e. The Balaban J connectivity index is 1.65. The van der Waals surface area contributed by atoms with Crippen LogP contribution in [0.25, 0.3) is 10.9 Å². The number of fused-ring (bicyclic) bond motifs is 2. The highest BCUT2D eigenvalue weighted by atomic mass is 16.2. The van der Waals surface area contributed by atoms with Crippen molar-refractivity contribution in [1.29, 1.82) is 0 Å². The molecule has 0 spiro atoms. The summed E-state index contributed by atoms with van der Waals surface area (Å²) in [5.41, 5.74) is 5.09. The van der Waals surface area contributed by atoms with Gasteiger partial charge in [0.25, 0.3) is 0 Å². The molecule has 0 atom stereocenters. The Hall–Kier alpha value is -2.88. The maximum atomic E-state index is 13.0. The molecular weight excluding hydrogens is 324 g/mol. The van der Waals surface area contributed by atoms with Gasteiger partial charge in [0.15, 0.2) is 5.78 Å². The molecule has 1 amide bonds. The van der Waals surface area contributed by atoms with Gasteiger partial charge in [0.2, 0.25) is 5.91 Å². The van der Waals surface area contributed by atoms with Crippen molar-refractivity contribution in [1.82, 2.24) is 9.47 Å². The van der Waals surface area contributed by atoms with Crippen LogP contribution in [0.1, 0.15) is 34.1 Å². The summed E-state index contributed by atoms with van der Waals surface area (Å²) in [7, 11) is 0. The number of para-hydroxylation sites is 1. The number of hydrogen-bond donors (Lipinski definition) is 0. The molecule has 0 aliphatic carbocycles. The first-order valence-corrected chi connectivity index (χ1v) is 8.99. The maximum Gasteiger partial charge on any atom is 0.242 e. The van der Waals surface area contributed by atoms with E-state index in [1.54, 1.807) is 6.92 Å². The summed E-state index contributed by atoms with van der Waals surface area (Å²) < 4.78 is 1.98. The lowest BCUT2D eigenvalue weighted by Gasteiger charge is -2.29. The lowest BCUT2D eigenvalue weighted by atomic mass is 10.00. The van der Waals surface area contributed by atoms with Crippen LogP contribution >= 0.6 is 0 Å². The largest absolute Gasteiger partial charge is 0.336 e. The summed E-state index contributed by atoms with van der Waals surface area (Å²) in [4.78, 5) is 27.0. The van der Waals surface area contributed by atoms with Crippen molar-refractivity contribution >= 4 is 22.6 Å². The molecule has 0 N–H and O–H groups in total. The van der Waals surface area contributed by atoms with E-state index in [1.165, 1.54) is 11.1 Å². The van der Waals surface area contributed by atoms with Crippen LogP contribution in [0.3, 0.4) is 0 Å². The maximum absolute atomic E-state index is 13.0. The van der Waals surface area contributed by atoms with Crippen molar-refractivity contribution in [3.63, 3.8) is 0 Å². The molecular formula is C22H22N2O2. The van der Waals surface area contributed by atoms with Gasteiger partial charge in [0, 0.05) is 35.2 Å². The predicted octanol–water partition coefficient (Wildman–Crippen LogP) is 3.74. The molecule has 26 heavy (non-hydrogen) atoms. The van der Waals surface area contributed by atoms with Gasteiger partial charge < -0.3 is 9.47 Å². The van der Waals surface area contributed by atoms with E-state index in [4.69, 9.17) is 0 Å². The average molecular weight is 346 g/mol. The Morgan fingerprint density at radius 3 is 2.46 bits per heavy atom. The molecule has 2 heterocycles. The molecule has 0 fully saturated rings. The highest BCUT2D eigenvalue weighted by molar-refractivity contribution is 6.08. The first-order valence-electron chi connectivity index (χ1n) is 8.99. The SMILES string of the molecule is CC(=O)c1c(C)n(CC(=O)N2CCc3ccccc3C2)c2ccccc12. The Morgan fingerprint density at radius 2 is 1.69 bits per heavy atom. The molecule has 1 aliphatic heterocycles. The number of hydrogen-bond acceptors (Lipinski definition) is 2. The van der Waals surface area contributed by atoms with Gasteiger partial charge in [-0.1, -0.05) is 42.5 Å². The van der Waals surface area contributed by atoms with Crippen LogP contribution in [0.5, 0.6) is 0 Å². The third kappa shape index (κ3) is 2.71. The highest BCUT2D eigenvalue weighted by Gasteiger charge is 2.23. The van der Waals surface area contributed by atoms with E-state index >= 15 is 0 Å². The average Bonchev–Trinajstić information content (AvgIpc) is 2.93. The minimum atomic E-state index is 0.0387. The number of carbonyl (C=O) groups is 2. The van der Waals surface area contributed by atoms with Crippen LogP contribution in [-0.4, -0.2) is 27.7 Å². The fourth-order valence-electron chi connectivity index (χ4n) is 4.02. The summed E-state index contributed by atoms with van der Waals surface area (Å²) in [5, 5.41) is 0.925. The third-order valence-corrected chi connectivity index (χ3v) is 5.36. The van der Waals surface area contributed by atoms with Crippen LogP contribution in [0.15, 0.2) is 48.5 Å². The Morgan fingerprint density at radius 1 is 1.00 bits per heavy atom. The fourth-order valence-corrected chi connectivity index (χ4v) is 4.02. The number of aromatic nitrogens is 1. The first-order chi connectivity index (χ1) is 12.6. The molecule has 3 aromatic rings. The number of nitrogens with zero attached hydrogens (tertiary/aromatic N) is 2. The summed E-state index contributed by atoms with van der Waals surface area (Å²) in [6, 6.07) is 16.1. The van der Waals surface area contributed by atoms with Gasteiger partial charge in [-0.3, -0.25) is 9.59 Å². The summed E-state index contributed by atoms with van der Waals surface area (Å²) in [6.45, 7) is 5.18. The fraction of sp³-hybridized carbons (Fsp3) is 0.273. The second-order valence-electron chi connectivity index (χ2n) is 6.95. The topological polar surface area (TPSA) is 42.3 Å². The minimum absolute atomic E-state index is 0.0387. The van der Waals surface area contributed by atoms with Gasteiger partial charge in [-0.25, -0.2) is 0 Å². The van der Waals surface area contributed by atoms with Gasteiger partial charge in [-0.05, 0) is 37.5 Å². The van der Waals surface area contributed by atoms with Crippen molar-refractivity contribution < 1.29 is 9.59 Å². The van der Waals surface area contributed by atoms with E-state index in [-0.39, 0.29) is 18.2 Å². The lowest BCUT2D eigenvalue weighted by molar-refractivity contribution is -0.132. The molecule has 1 aliphatic rings. The van der Waals surface area contributed by atoms with Gasteiger partial charge in [-0.2, -0.15) is 0 Å². The third-order valence-electron chi connectivity index (χ3n) is 5.36. The molecule has 4 nitrogen and oxygen atoms in total. The second-order valence-corrected chi connectivity index (χ2v) is 6.95. The number of carbonyl (C=O) groups excluding carboxylic acids is 2. The van der Waals surface area contributed by atoms with Crippen molar-refractivity contribution in [2.75, 3.05) is 6.54 Å². The number of Topliss-reactive ketones (excluding diaryl/α,β-unsaturated/α-hetero) is 1. The number of benzene rings is 2. The van der Waals surface area contributed by atoms with Gasteiger partial charge in [-0.15, -0.1) is 0 Å². The van der Waals surface area contributed by atoms with E-state index in [0.29, 0.717) is 6.54 Å². The summed E-state index contributed by atoms with van der Waals surface area (Å²) in [6.07, 6.45) is 0.895. The quantitative estimate of drug-likeness (QED) is 0.678. The first kappa shape index (κ1) is 16.6. The monoisotopic (exact) mass is 346 g/mol. The summed E-state index contributed by atoms with van der Waals surface area (Å²) >= 11 is 0. The number of ketones is 1. The molecule has 0 saturated heterocycles. The van der Waals surface area contributed by atoms with Gasteiger partial charge in [0.05, 0.1) is 0 Å². The van der Waals surface area contributed by atoms with Crippen molar-refractivity contribution in [2.45, 2.75) is 33.4 Å². The van der Waals surface area contributed by atoms with Crippen molar-refractivity contribution in [3.8, 4) is 0 Å². The van der Waals surface area contributed by atoms with Crippen LogP contribution in [-0.2, 0) is 24.3 Å². The van der Waals surface area contributed by atoms with Gasteiger partial charge in [0.1, 0.15) is 6.54 Å². The van der Waals surface area contributed by atoms with E-state index < -0.39 is 0 Å². The minimum Gasteiger partial charge on any atom is -0.336 e. The summed E-state index contributed by atoms with van der Waals surface area (Å²) in [5.74, 6) is 0.134. The molecule has 0 saturated carbocycles. The Bertz CT molecular complexity index is 1020. The predicted molar refractivity (Wildman–Crippen MR) is 102 cm³/mol. The van der Waals surface area contributed by atoms with E-state index in [2.05, 4.69) is 18.2 Å². The molecule has 0 radical (unpaired) electrons. The van der Waals surface area contributed by atoms with Crippen LogP contribution in [0.4, 0.5) is 0 Å². The molecule has 0 bridgehead atoms. The van der Waals surface area contributed by atoms with Crippen LogP contribution < -0.4 is 0 Å². The molecule has 1 aromatic heterocycles. The van der Waals surface area contributed by atoms with Crippen LogP contribution in [0.2, 0.25) is 0 Å². The van der Waals surface area contributed by atoms with E-state index in [0.717, 1.165) is 35.1 Å². The van der Waals surface area contributed by atoms with Crippen molar-refractivity contribution in [2.24, 2.45) is 0 Å². The molecule has 0 unspecified atom stereocenters. The molecule has 4 rings (SSSR count). The zero-order chi connectivity index (χ0) is 18.3. The van der Waals surface area contributed by atoms with Crippen LogP contribution in [0, 0.1) is 6.92 Å². The standard InChI is InChI=1S/C22H22N2O2/c1-15-22(16(2)25)19-9-5-6-10-20(19)24(15)14-21(26)23-12-11-17-7-3-4-8-18(17)13-23/h3-10H,11-14H2,1-2H3. The van der Waals surface area contributed by atoms with Gasteiger partial charge >= 0.3 is 0 Å². The zero-order valence-corrected chi connectivity index (χ0v) is 15.2. The normalized spacial score (nSPS) is 13.7. The molecule has 132 valence electrons. The molecule has 4 heteroatoms. The highest BCUT2D eigenvalue weighted by Crippen LogP contribution is 2.27. The number of amides is 1. The molecule has 2 aromatic carbocycles. The second kappa shape index (κ2) is 6.45. The lowest BCUT2D eigenvalue weighted by Crippen LogP contribution is -2.38. The zero-order valence-electron chi connectivity index (χ0n) is 15.2. The Labute approximate surface area is 153 Å². The van der Waals surface area contributed by atoms with Crippen molar-refractivity contribution in [3.05, 3.63) is 70.9 Å². The number of rotatable bonds is 3. The Kier molecular flexibility index (Phi) is 4.11.